The molecule has 13 heavy (non-hydrogen) atoms. The molecule has 0 amide bonds. The van der Waals surface area contributed by atoms with Crippen molar-refractivity contribution in [2.75, 3.05) is 6.61 Å². The molecule has 3 atom stereocenters. The van der Waals surface area contributed by atoms with Crippen LogP contribution in [0.25, 0.3) is 0 Å². The molecule has 0 spiro atoms. The zero-order chi connectivity index (χ0) is 9.31. The Morgan fingerprint density at radius 3 is 2.85 bits per heavy atom. The van der Waals surface area contributed by atoms with Crippen LogP contribution >= 0.6 is 0 Å². The summed E-state index contributed by atoms with van der Waals surface area (Å²) in [5, 5.41) is 10.1. The highest BCUT2D eigenvalue weighted by atomic mass is 16.5. The van der Waals surface area contributed by atoms with E-state index in [4.69, 9.17) is 4.74 Å². The van der Waals surface area contributed by atoms with Crippen molar-refractivity contribution >= 4 is 0 Å². The summed E-state index contributed by atoms with van der Waals surface area (Å²) >= 11 is 0. The van der Waals surface area contributed by atoms with Crippen molar-refractivity contribution in [3.8, 4) is 0 Å². The summed E-state index contributed by atoms with van der Waals surface area (Å²) in [7, 11) is 0. The molecule has 0 bridgehead atoms. The third kappa shape index (κ3) is 2.05. The summed E-state index contributed by atoms with van der Waals surface area (Å²) in [6, 6.07) is 0. The summed E-state index contributed by atoms with van der Waals surface area (Å²) in [6.45, 7) is 3.06. The van der Waals surface area contributed by atoms with E-state index in [1.807, 2.05) is 0 Å². The minimum absolute atomic E-state index is 0.343. The van der Waals surface area contributed by atoms with Gasteiger partial charge in [-0.3, -0.25) is 0 Å². The van der Waals surface area contributed by atoms with Gasteiger partial charge in [0.2, 0.25) is 0 Å². The van der Waals surface area contributed by atoms with Crippen molar-refractivity contribution in [2.24, 2.45) is 5.92 Å². The van der Waals surface area contributed by atoms with Crippen molar-refractivity contribution in [1.29, 1.82) is 0 Å². The molecule has 3 unspecified atom stereocenters. The van der Waals surface area contributed by atoms with E-state index in [0.717, 1.165) is 32.3 Å². The van der Waals surface area contributed by atoms with Gasteiger partial charge in [0, 0.05) is 13.0 Å². The average Bonchev–Trinajstić information content (AvgIpc) is 2.78. The van der Waals surface area contributed by atoms with Crippen LogP contribution in [0.1, 0.15) is 45.4 Å². The van der Waals surface area contributed by atoms with E-state index >= 15 is 0 Å². The summed E-state index contributed by atoms with van der Waals surface area (Å²) < 4.78 is 5.63. The van der Waals surface area contributed by atoms with Crippen molar-refractivity contribution < 1.29 is 9.84 Å². The standard InChI is InChI=1S/C11H20O2/c1-2-9-7-11(9,12)8-10-5-3-4-6-13-10/h9-10,12H,2-8H2,1H3. The topological polar surface area (TPSA) is 29.5 Å². The van der Waals surface area contributed by atoms with Crippen LogP contribution in [-0.2, 0) is 4.74 Å². The predicted octanol–water partition coefficient (Wildman–Crippen LogP) is 2.11. The maximum absolute atomic E-state index is 10.1. The zero-order valence-electron chi connectivity index (χ0n) is 8.46. The Balaban J connectivity index is 1.77. The fourth-order valence-electron chi connectivity index (χ4n) is 2.50. The summed E-state index contributed by atoms with van der Waals surface area (Å²) in [5.41, 5.74) is -0.350. The minimum atomic E-state index is -0.350. The molecule has 2 nitrogen and oxygen atoms in total. The van der Waals surface area contributed by atoms with Gasteiger partial charge in [0.15, 0.2) is 0 Å². The van der Waals surface area contributed by atoms with Gasteiger partial charge in [-0.05, 0) is 31.6 Å². The lowest BCUT2D eigenvalue weighted by Gasteiger charge is -2.25. The van der Waals surface area contributed by atoms with Gasteiger partial charge in [0.1, 0.15) is 0 Å². The predicted molar refractivity (Wildman–Crippen MR) is 51.6 cm³/mol. The van der Waals surface area contributed by atoms with Gasteiger partial charge in [-0.2, -0.15) is 0 Å². The fraction of sp³-hybridized carbons (Fsp3) is 1.00. The maximum atomic E-state index is 10.1. The van der Waals surface area contributed by atoms with E-state index in [1.165, 1.54) is 12.8 Å². The first kappa shape index (κ1) is 9.47. The molecule has 0 radical (unpaired) electrons. The molecule has 0 aromatic rings. The fourth-order valence-corrected chi connectivity index (χ4v) is 2.50. The number of ether oxygens (including phenoxy) is 1. The Hall–Kier alpha value is -0.0800. The molecule has 2 aliphatic rings. The Kier molecular flexibility index (Phi) is 2.61. The van der Waals surface area contributed by atoms with Gasteiger partial charge in [-0.25, -0.2) is 0 Å². The van der Waals surface area contributed by atoms with Crippen molar-refractivity contribution in [3.63, 3.8) is 0 Å². The van der Waals surface area contributed by atoms with Crippen LogP contribution in [0.5, 0.6) is 0 Å². The lowest BCUT2D eigenvalue weighted by atomic mass is 10.0. The normalized spacial score (nSPS) is 44.8. The van der Waals surface area contributed by atoms with E-state index < -0.39 is 0 Å². The number of hydrogen-bond acceptors (Lipinski definition) is 2. The molecule has 1 heterocycles. The van der Waals surface area contributed by atoms with E-state index in [1.54, 1.807) is 0 Å². The van der Waals surface area contributed by atoms with Crippen LogP contribution in [-0.4, -0.2) is 23.4 Å². The Labute approximate surface area is 80.3 Å². The molecular weight excluding hydrogens is 164 g/mol. The maximum Gasteiger partial charge on any atom is 0.0705 e. The zero-order valence-corrected chi connectivity index (χ0v) is 8.46. The Morgan fingerprint density at radius 1 is 1.46 bits per heavy atom. The van der Waals surface area contributed by atoms with Crippen LogP contribution in [0, 0.1) is 5.92 Å². The van der Waals surface area contributed by atoms with Crippen molar-refractivity contribution in [1.82, 2.24) is 0 Å². The van der Waals surface area contributed by atoms with Crippen molar-refractivity contribution in [2.45, 2.75) is 57.2 Å². The largest absolute Gasteiger partial charge is 0.389 e. The number of rotatable bonds is 3. The van der Waals surface area contributed by atoms with Gasteiger partial charge in [0.25, 0.3) is 0 Å². The van der Waals surface area contributed by atoms with Crippen LogP contribution in [0.3, 0.4) is 0 Å². The number of aliphatic hydroxyl groups is 1. The van der Waals surface area contributed by atoms with Gasteiger partial charge in [-0.1, -0.05) is 13.3 Å². The third-order valence-electron chi connectivity index (χ3n) is 3.55. The van der Waals surface area contributed by atoms with Crippen LogP contribution in [0.4, 0.5) is 0 Å². The first-order valence-electron chi connectivity index (χ1n) is 5.58. The van der Waals surface area contributed by atoms with E-state index in [2.05, 4.69) is 6.92 Å². The summed E-state index contributed by atoms with van der Waals surface area (Å²) in [5.74, 6) is 0.554. The van der Waals surface area contributed by atoms with E-state index in [-0.39, 0.29) is 5.60 Å². The average molecular weight is 184 g/mol. The highest BCUT2D eigenvalue weighted by Gasteiger charge is 2.52. The molecule has 76 valence electrons. The number of hydrogen-bond donors (Lipinski definition) is 1. The third-order valence-corrected chi connectivity index (χ3v) is 3.55. The van der Waals surface area contributed by atoms with Gasteiger partial charge >= 0.3 is 0 Å². The smallest absolute Gasteiger partial charge is 0.0705 e. The molecule has 1 saturated heterocycles. The molecule has 0 aromatic heterocycles. The molecule has 0 aromatic carbocycles. The molecule has 2 fully saturated rings. The van der Waals surface area contributed by atoms with Crippen LogP contribution in [0.2, 0.25) is 0 Å². The minimum Gasteiger partial charge on any atom is -0.389 e. The quantitative estimate of drug-likeness (QED) is 0.728. The molecule has 1 aliphatic heterocycles. The van der Waals surface area contributed by atoms with Gasteiger partial charge in [-0.15, -0.1) is 0 Å². The summed E-state index contributed by atoms with van der Waals surface area (Å²) in [4.78, 5) is 0. The molecular formula is C11H20O2. The summed E-state index contributed by atoms with van der Waals surface area (Å²) in [6.07, 6.45) is 6.97. The highest BCUT2D eigenvalue weighted by Crippen LogP contribution is 2.49. The van der Waals surface area contributed by atoms with Crippen molar-refractivity contribution in [3.05, 3.63) is 0 Å². The van der Waals surface area contributed by atoms with Gasteiger partial charge < -0.3 is 9.84 Å². The van der Waals surface area contributed by atoms with E-state index in [9.17, 15) is 5.11 Å². The lowest BCUT2D eigenvalue weighted by molar-refractivity contribution is -0.0257. The second-order valence-electron chi connectivity index (χ2n) is 4.61. The van der Waals surface area contributed by atoms with Crippen LogP contribution in [0.15, 0.2) is 0 Å². The molecule has 2 heteroatoms. The molecule has 2 rings (SSSR count). The van der Waals surface area contributed by atoms with Gasteiger partial charge in [0.05, 0.1) is 11.7 Å². The monoisotopic (exact) mass is 184 g/mol. The Morgan fingerprint density at radius 2 is 2.31 bits per heavy atom. The Bertz CT molecular complexity index is 175. The second-order valence-corrected chi connectivity index (χ2v) is 4.61. The molecule has 1 saturated carbocycles. The first-order chi connectivity index (χ1) is 6.24. The first-order valence-corrected chi connectivity index (χ1v) is 5.58. The van der Waals surface area contributed by atoms with E-state index in [0.29, 0.717) is 12.0 Å². The SMILES string of the molecule is CCC1CC1(O)CC1CCCCO1. The highest BCUT2D eigenvalue weighted by molar-refractivity contribution is 5.03. The second kappa shape index (κ2) is 3.58. The molecule has 1 aliphatic carbocycles. The lowest BCUT2D eigenvalue weighted by Crippen LogP contribution is -2.26. The molecule has 1 N–H and O–H groups in total. The van der Waals surface area contributed by atoms with Crippen LogP contribution < -0.4 is 0 Å².